The maximum absolute atomic E-state index is 13.3. The van der Waals surface area contributed by atoms with Crippen molar-refractivity contribution in [3.05, 3.63) is 101 Å². The van der Waals surface area contributed by atoms with Crippen LogP contribution in [0.1, 0.15) is 5.56 Å². The summed E-state index contributed by atoms with van der Waals surface area (Å²) in [6, 6.07) is 26.6. The van der Waals surface area contributed by atoms with E-state index < -0.39 is 5.91 Å². The van der Waals surface area contributed by atoms with E-state index in [9.17, 15) is 9.59 Å². The van der Waals surface area contributed by atoms with Crippen molar-refractivity contribution in [2.45, 2.75) is 6.54 Å². The summed E-state index contributed by atoms with van der Waals surface area (Å²) in [7, 11) is 0. The van der Waals surface area contributed by atoms with Crippen molar-refractivity contribution in [2.24, 2.45) is 0 Å². The van der Waals surface area contributed by atoms with Crippen LogP contribution in [0.15, 0.2) is 95.7 Å². The zero-order chi connectivity index (χ0) is 23.5. The lowest BCUT2D eigenvalue weighted by molar-refractivity contribution is -0.121. The highest BCUT2D eigenvalue weighted by Crippen LogP contribution is 2.33. The van der Waals surface area contributed by atoms with Gasteiger partial charge in [0, 0.05) is 32.7 Å². The molecule has 0 bridgehead atoms. The van der Waals surface area contributed by atoms with Crippen molar-refractivity contribution in [3.63, 3.8) is 0 Å². The number of anilines is 1. The second-order valence-electron chi connectivity index (χ2n) is 8.27. The maximum atomic E-state index is 13.3. The van der Waals surface area contributed by atoms with Crippen molar-refractivity contribution in [1.82, 2.24) is 9.80 Å². The van der Waals surface area contributed by atoms with E-state index in [1.54, 1.807) is 24.3 Å². The van der Waals surface area contributed by atoms with Gasteiger partial charge in [-0.25, -0.2) is 4.90 Å². The quantitative estimate of drug-likeness (QED) is 0.489. The van der Waals surface area contributed by atoms with E-state index in [1.807, 2.05) is 53.4 Å². The van der Waals surface area contributed by atoms with Crippen molar-refractivity contribution < 1.29 is 14.3 Å². The molecule has 0 radical (unpaired) electrons. The van der Waals surface area contributed by atoms with Crippen molar-refractivity contribution in [2.75, 3.05) is 31.1 Å². The summed E-state index contributed by atoms with van der Waals surface area (Å²) in [4.78, 5) is 31.6. The standard InChI is InChI=1S/C27H24ClN3O3/c28-24-25(30-17-15-29(16-18-30)19-20-7-3-1-4-8-20)27(33)31(26(24)32)21-11-13-23(14-12-21)34-22-9-5-2-6-10-22/h1-14H,15-19H2. The Morgan fingerprint density at radius 2 is 1.29 bits per heavy atom. The molecule has 0 aromatic heterocycles. The summed E-state index contributed by atoms with van der Waals surface area (Å²) in [6.45, 7) is 3.70. The number of piperazine rings is 1. The molecule has 2 aliphatic heterocycles. The smallest absolute Gasteiger partial charge is 0.283 e. The predicted octanol–water partition coefficient (Wildman–Crippen LogP) is 4.62. The van der Waals surface area contributed by atoms with E-state index in [-0.39, 0.29) is 16.6 Å². The first kappa shape index (κ1) is 22.2. The van der Waals surface area contributed by atoms with Gasteiger partial charge < -0.3 is 9.64 Å². The van der Waals surface area contributed by atoms with Gasteiger partial charge in [-0.3, -0.25) is 14.5 Å². The lowest BCUT2D eigenvalue weighted by Gasteiger charge is -2.36. The minimum atomic E-state index is -0.495. The van der Waals surface area contributed by atoms with Crippen molar-refractivity contribution in [3.8, 4) is 11.5 Å². The molecular weight excluding hydrogens is 450 g/mol. The Morgan fingerprint density at radius 3 is 1.94 bits per heavy atom. The van der Waals surface area contributed by atoms with Crippen LogP contribution in [-0.2, 0) is 16.1 Å². The Balaban J connectivity index is 1.24. The third-order valence-electron chi connectivity index (χ3n) is 6.02. The number of ether oxygens (including phenoxy) is 1. The molecule has 0 N–H and O–H groups in total. The SMILES string of the molecule is O=C1C(Cl)=C(N2CCN(Cc3ccccc3)CC2)C(=O)N1c1ccc(Oc2ccccc2)cc1. The van der Waals surface area contributed by atoms with Crippen LogP contribution in [0.2, 0.25) is 0 Å². The fraction of sp³-hybridized carbons (Fsp3) is 0.185. The van der Waals surface area contributed by atoms with E-state index >= 15 is 0 Å². The van der Waals surface area contributed by atoms with Crippen molar-refractivity contribution >= 4 is 29.1 Å². The first-order valence-corrected chi connectivity index (χ1v) is 11.6. The molecule has 2 amide bonds. The van der Waals surface area contributed by atoms with Crippen LogP contribution in [0.5, 0.6) is 11.5 Å². The predicted molar refractivity (Wildman–Crippen MR) is 132 cm³/mol. The third-order valence-corrected chi connectivity index (χ3v) is 6.36. The fourth-order valence-electron chi connectivity index (χ4n) is 4.26. The van der Waals surface area contributed by atoms with Gasteiger partial charge in [-0.05, 0) is 42.0 Å². The normalized spacial score (nSPS) is 17.0. The number of benzene rings is 3. The number of carbonyl (C=O) groups is 2. The second-order valence-corrected chi connectivity index (χ2v) is 8.64. The molecule has 5 rings (SSSR count). The minimum absolute atomic E-state index is 0.0221. The molecule has 1 saturated heterocycles. The number of amides is 2. The molecule has 0 atom stereocenters. The summed E-state index contributed by atoms with van der Waals surface area (Å²) < 4.78 is 5.80. The Labute approximate surface area is 203 Å². The minimum Gasteiger partial charge on any atom is -0.457 e. The number of rotatable bonds is 6. The van der Waals surface area contributed by atoms with E-state index in [1.165, 1.54) is 5.56 Å². The average molecular weight is 474 g/mol. The first-order valence-electron chi connectivity index (χ1n) is 11.2. The van der Waals surface area contributed by atoms with E-state index in [0.717, 1.165) is 24.5 Å². The zero-order valence-corrected chi connectivity index (χ0v) is 19.3. The summed E-state index contributed by atoms with van der Waals surface area (Å²) in [6.07, 6.45) is 0. The molecule has 1 fully saturated rings. The highest BCUT2D eigenvalue weighted by Gasteiger charge is 2.41. The third kappa shape index (κ3) is 4.55. The van der Waals surface area contributed by atoms with Gasteiger partial charge in [-0.1, -0.05) is 60.1 Å². The molecule has 3 aromatic rings. The Morgan fingerprint density at radius 1 is 0.706 bits per heavy atom. The van der Waals surface area contributed by atoms with E-state index in [0.29, 0.717) is 30.3 Å². The summed E-state index contributed by atoms with van der Waals surface area (Å²) >= 11 is 6.39. The topological polar surface area (TPSA) is 53.1 Å². The average Bonchev–Trinajstić information content (AvgIpc) is 3.09. The fourth-order valence-corrected chi connectivity index (χ4v) is 4.54. The van der Waals surface area contributed by atoms with Crippen LogP contribution < -0.4 is 9.64 Å². The molecule has 3 aromatic carbocycles. The second kappa shape index (κ2) is 9.71. The molecule has 0 unspecified atom stereocenters. The molecular formula is C27H24ClN3O3. The number of halogens is 1. The van der Waals surface area contributed by atoms with Crippen LogP contribution in [0, 0.1) is 0 Å². The number of imide groups is 1. The van der Waals surface area contributed by atoms with Gasteiger partial charge in [0.15, 0.2) is 0 Å². The van der Waals surface area contributed by atoms with Gasteiger partial charge in [0.25, 0.3) is 11.8 Å². The lowest BCUT2D eigenvalue weighted by atomic mass is 10.2. The summed E-state index contributed by atoms with van der Waals surface area (Å²) in [5.74, 6) is 0.443. The molecule has 0 spiro atoms. The molecule has 0 saturated carbocycles. The van der Waals surface area contributed by atoms with Crippen LogP contribution in [0.4, 0.5) is 5.69 Å². The summed E-state index contributed by atoms with van der Waals surface area (Å²) in [5.41, 5.74) is 2.01. The van der Waals surface area contributed by atoms with E-state index in [4.69, 9.17) is 16.3 Å². The zero-order valence-electron chi connectivity index (χ0n) is 18.6. The molecule has 172 valence electrons. The van der Waals surface area contributed by atoms with Crippen LogP contribution >= 0.6 is 11.6 Å². The van der Waals surface area contributed by atoms with Gasteiger partial charge in [-0.15, -0.1) is 0 Å². The molecule has 6 nitrogen and oxygen atoms in total. The van der Waals surface area contributed by atoms with Crippen LogP contribution in [0.25, 0.3) is 0 Å². The summed E-state index contributed by atoms with van der Waals surface area (Å²) in [5, 5.41) is -0.0221. The monoisotopic (exact) mass is 473 g/mol. The first-order chi connectivity index (χ1) is 16.6. The van der Waals surface area contributed by atoms with Crippen molar-refractivity contribution in [1.29, 1.82) is 0 Å². The Kier molecular flexibility index (Phi) is 6.34. The number of para-hydroxylation sites is 1. The van der Waals surface area contributed by atoms with Gasteiger partial charge in [0.1, 0.15) is 22.2 Å². The number of hydrogen-bond acceptors (Lipinski definition) is 5. The Bertz CT molecular complexity index is 1200. The van der Waals surface area contributed by atoms with Gasteiger partial charge >= 0.3 is 0 Å². The molecule has 34 heavy (non-hydrogen) atoms. The Hall–Kier alpha value is -3.61. The van der Waals surface area contributed by atoms with E-state index in [2.05, 4.69) is 17.0 Å². The maximum Gasteiger partial charge on any atom is 0.283 e. The lowest BCUT2D eigenvalue weighted by Crippen LogP contribution is -2.47. The number of carbonyl (C=O) groups excluding carboxylic acids is 2. The highest BCUT2D eigenvalue weighted by atomic mass is 35.5. The number of hydrogen-bond donors (Lipinski definition) is 0. The number of nitrogens with zero attached hydrogens (tertiary/aromatic N) is 3. The van der Waals surface area contributed by atoms with Crippen LogP contribution in [-0.4, -0.2) is 47.8 Å². The van der Waals surface area contributed by atoms with Gasteiger partial charge in [0.2, 0.25) is 0 Å². The molecule has 7 heteroatoms. The largest absolute Gasteiger partial charge is 0.457 e. The molecule has 2 aliphatic rings. The molecule has 2 heterocycles. The molecule has 0 aliphatic carbocycles. The van der Waals surface area contributed by atoms with Gasteiger partial charge in [0.05, 0.1) is 5.69 Å². The van der Waals surface area contributed by atoms with Gasteiger partial charge in [-0.2, -0.15) is 0 Å². The van der Waals surface area contributed by atoms with Crippen LogP contribution in [0.3, 0.4) is 0 Å². The highest BCUT2D eigenvalue weighted by molar-refractivity contribution is 6.52.